The number of Topliss-reactive ketones (excluding diaryl/α,β-unsaturated/α-hetero) is 1. The zero-order chi connectivity index (χ0) is 34.2. The van der Waals surface area contributed by atoms with Crippen molar-refractivity contribution in [3.05, 3.63) is 0 Å². The van der Waals surface area contributed by atoms with Gasteiger partial charge in [0.2, 0.25) is 11.6 Å². The van der Waals surface area contributed by atoms with Crippen LogP contribution in [0, 0.1) is 51.8 Å². The second kappa shape index (κ2) is 8.94. The molecule has 13 nitrogen and oxygen atoms in total. The third-order valence-corrected chi connectivity index (χ3v) is 14.9. The van der Waals surface area contributed by atoms with Crippen LogP contribution in [0.25, 0.3) is 0 Å². The largest absolute Gasteiger partial charge is 0.462 e. The van der Waals surface area contributed by atoms with E-state index >= 15 is 0 Å². The second-order valence-corrected chi connectivity index (χ2v) is 16.5. The molecule has 0 aromatic heterocycles. The Kier molecular flexibility index (Phi) is 6.02. The monoisotopic (exact) mass is 660 g/mol. The number of hydrogen-bond acceptors (Lipinski definition) is 13. The van der Waals surface area contributed by atoms with Crippen LogP contribution in [0.3, 0.4) is 0 Å². The number of esters is 4. The molecule has 0 unspecified atom stereocenters. The SMILES string of the molecule is CC(=O)O[C@H]1C[C@H]2[C@@H]([C@@H](OC(C)=O)C(=O)[C@@]3(O)C[C@@H]4O[C@@H]4[C@H](OC(C)=O)[C@]23C)[C@@H]2C[C@@H]3[C@H]([C@H](C)[C@@H]4O[C@@]45OC(=O)[C@@](C)(O)[C@]35C)[C@@]12C. The molecule has 0 aromatic carbocycles. The molecule has 47 heavy (non-hydrogen) atoms. The molecule has 1 spiro atoms. The molecule has 5 aliphatic carbocycles. The van der Waals surface area contributed by atoms with E-state index in [-0.39, 0.29) is 24.7 Å². The van der Waals surface area contributed by atoms with Crippen LogP contribution in [0.5, 0.6) is 0 Å². The fourth-order valence-corrected chi connectivity index (χ4v) is 12.7. The van der Waals surface area contributed by atoms with E-state index in [0.29, 0.717) is 6.42 Å². The molecular weight excluding hydrogens is 616 g/mol. The molecule has 2 N–H and O–H groups in total. The highest BCUT2D eigenvalue weighted by Crippen LogP contribution is 2.80. The standard InChI is InChI=1S/C34H44O13/c1-12-22-18(31(7)32(8,40)28(39)47-34(31)26(12)46-34)9-16-21-17(10-20(29(16,22)5)42-13(2)35)30(6)27(44-15(4)37)23-19(45-23)11-33(30,41)25(38)24(21)43-14(3)36/h12,16-24,26-27,40-41H,9-11H2,1-8H3/t12-,16-,17-,18+,19-,20-,21-,22-,23-,24+,26-,27-,29+,30-,31-,32+,33-,34+/m0/s1. The van der Waals surface area contributed by atoms with Crippen LogP contribution in [-0.2, 0) is 52.4 Å². The summed E-state index contributed by atoms with van der Waals surface area (Å²) in [5.41, 5.74) is -7.44. The van der Waals surface area contributed by atoms with Gasteiger partial charge in [0.15, 0.2) is 11.7 Å². The number of fused-ring (bicyclic) bond motifs is 9. The Labute approximate surface area is 272 Å². The Morgan fingerprint density at radius 2 is 1.51 bits per heavy atom. The number of ether oxygens (including phenoxy) is 6. The molecule has 8 rings (SSSR count). The third-order valence-electron chi connectivity index (χ3n) is 14.9. The van der Waals surface area contributed by atoms with E-state index in [1.807, 2.05) is 20.8 Å². The lowest BCUT2D eigenvalue weighted by Gasteiger charge is -2.65. The predicted molar refractivity (Wildman–Crippen MR) is 154 cm³/mol. The molecule has 0 amide bonds. The van der Waals surface area contributed by atoms with Crippen LogP contribution in [0.4, 0.5) is 0 Å². The van der Waals surface area contributed by atoms with Gasteiger partial charge in [-0.25, -0.2) is 4.79 Å². The summed E-state index contributed by atoms with van der Waals surface area (Å²) < 4.78 is 36.0. The molecular formula is C34H44O13. The molecule has 18 atom stereocenters. The van der Waals surface area contributed by atoms with E-state index in [4.69, 9.17) is 28.4 Å². The first-order valence-electron chi connectivity index (χ1n) is 16.8. The molecule has 13 heteroatoms. The minimum atomic E-state index is -2.08. The zero-order valence-electron chi connectivity index (χ0n) is 27.9. The average molecular weight is 661 g/mol. The van der Waals surface area contributed by atoms with E-state index in [0.717, 1.165) is 0 Å². The van der Waals surface area contributed by atoms with Crippen LogP contribution in [-0.4, -0.2) is 93.5 Å². The number of hydrogen-bond donors (Lipinski definition) is 2. The lowest BCUT2D eigenvalue weighted by molar-refractivity contribution is -0.265. The summed E-state index contributed by atoms with van der Waals surface area (Å²) in [4.78, 5) is 66.0. The highest BCUT2D eigenvalue weighted by Gasteiger charge is 2.91. The first-order chi connectivity index (χ1) is 21.7. The van der Waals surface area contributed by atoms with Gasteiger partial charge in [-0.15, -0.1) is 0 Å². The first kappa shape index (κ1) is 31.6. The van der Waals surface area contributed by atoms with Crippen molar-refractivity contribution in [2.24, 2.45) is 51.8 Å². The molecule has 0 bridgehead atoms. The Bertz CT molecular complexity index is 1520. The molecule has 3 heterocycles. The van der Waals surface area contributed by atoms with Gasteiger partial charge in [-0.2, -0.15) is 0 Å². The lowest BCUT2D eigenvalue weighted by atomic mass is 9.40. The normalized spacial score (nSPS) is 59.0. The summed E-state index contributed by atoms with van der Waals surface area (Å²) in [5, 5.41) is 24.4. The van der Waals surface area contributed by atoms with Crippen LogP contribution >= 0.6 is 0 Å². The quantitative estimate of drug-likeness (QED) is 0.250. The van der Waals surface area contributed by atoms with Crippen LogP contribution < -0.4 is 0 Å². The van der Waals surface area contributed by atoms with Crippen molar-refractivity contribution in [2.45, 2.75) is 128 Å². The van der Waals surface area contributed by atoms with Gasteiger partial charge < -0.3 is 38.6 Å². The maximum absolute atomic E-state index is 14.7. The van der Waals surface area contributed by atoms with Gasteiger partial charge in [-0.05, 0) is 56.3 Å². The van der Waals surface area contributed by atoms with Crippen molar-refractivity contribution < 1.29 is 62.6 Å². The number of carbonyl (C=O) groups excluding carboxylic acids is 5. The Morgan fingerprint density at radius 3 is 2.13 bits per heavy atom. The number of epoxide rings is 2. The maximum atomic E-state index is 14.7. The van der Waals surface area contributed by atoms with Crippen molar-refractivity contribution in [3.63, 3.8) is 0 Å². The smallest absolute Gasteiger partial charge is 0.341 e. The zero-order valence-corrected chi connectivity index (χ0v) is 27.9. The van der Waals surface area contributed by atoms with E-state index < -0.39 is 123 Å². The number of carbonyl (C=O) groups is 5. The van der Waals surface area contributed by atoms with Crippen molar-refractivity contribution in [1.29, 1.82) is 0 Å². The summed E-state index contributed by atoms with van der Waals surface area (Å²) in [6.07, 6.45) is -4.18. The highest BCUT2D eigenvalue weighted by atomic mass is 16.8. The van der Waals surface area contributed by atoms with Crippen molar-refractivity contribution in [2.75, 3.05) is 0 Å². The molecule has 258 valence electrons. The Balaban J connectivity index is 1.33. The maximum Gasteiger partial charge on any atom is 0.341 e. The van der Waals surface area contributed by atoms with Crippen molar-refractivity contribution >= 4 is 29.7 Å². The van der Waals surface area contributed by atoms with Crippen LogP contribution in [0.1, 0.15) is 74.7 Å². The second-order valence-electron chi connectivity index (χ2n) is 16.5. The summed E-state index contributed by atoms with van der Waals surface area (Å²) in [6.45, 7) is 12.9. The average Bonchev–Trinajstić information content (AvgIpc) is 3.85. The number of aliphatic hydroxyl groups is 2. The topological polar surface area (TPSA) is 188 Å². The van der Waals surface area contributed by atoms with Gasteiger partial charge in [0, 0.05) is 43.9 Å². The number of rotatable bonds is 3. The minimum Gasteiger partial charge on any atom is -0.462 e. The van der Waals surface area contributed by atoms with Gasteiger partial charge in [0.05, 0.1) is 11.5 Å². The van der Waals surface area contributed by atoms with Gasteiger partial charge >= 0.3 is 23.9 Å². The fraction of sp³-hybridized carbons (Fsp3) is 0.853. The minimum absolute atomic E-state index is 0.0594. The molecule has 3 saturated heterocycles. The van der Waals surface area contributed by atoms with Crippen LogP contribution in [0.15, 0.2) is 0 Å². The Morgan fingerprint density at radius 1 is 0.872 bits per heavy atom. The van der Waals surface area contributed by atoms with E-state index in [9.17, 15) is 34.2 Å². The van der Waals surface area contributed by atoms with E-state index in [1.165, 1.54) is 27.7 Å². The molecule has 8 aliphatic rings. The van der Waals surface area contributed by atoms with Crippen molar-refractivity contribution in [1.82, 2.24) is 0 Å². The highest BCUT2D eigenvalue weighted by molar-refractivity contribution is 5.95. The summed E-state index contributed by atoms with van der Waals surface area (Å²) >= 11 is 0. The Hall–Kier alpha value is -2.61. The lowest BCUT2D eigenvalue weighted by Crippen LogP contribution is -2.77. The predicted octanol–water partition coefficient (Wildman–Crippen LogP) is 1.23. The van der Waals surface area contributed by atoms with Gasteiger partial charge in [0.25, 0.3) is 0 Å². The fourth-order valence-electron chi connectivity index (χ4n) is 12.7. The molecule has 3 aliphatic heterocycles. The van der Waals surface area contributed by atoms with Gasteiger partial charge in [-0.3, -0.25) is 19.2 Å². The van der Waals surface area contributed by atoms with Crippen molar-refractivity contribution in [3.8, 4) is 0 Å². The summed E-state index contributed by atoms with van der Waals surface area (Å²) in [5.74, 6) is -7.24. The van der Waals surface area contributed by atoms with E-state index in [1.54, 1.807) is 6.92 Å². The third kappa shape index (κ3) is 3.33. The summed E-state index contributed by atoms with van der Waals surface area (Å²) in [7, 11) is 0. The van der Waals surface area contributed by atoms with Gasteiger partial charge in [0.1, 0.15) is 30.0 Å². The van der Waals surface area contributed by atoms with Crippen LogP contribution in [0.2, 0.25) is 0 Å². The first-order valence-corrected chi connectivity index (χ1v) is 16.8. The molecule has 5 saturated carbocycles. The number of ketones is 1. The van der Waals surface area contributed by atoms with E-state index in [2.05, 4.69) is 0 Å². The molecule has 0 radical (unpaired) electrons. The molecule has 0 aromatic rings. The van der Waals surface area contributed by atoms with Gasteiger partial charge in [-0.1, -0.05) is 20.8 Å². The summed E-state index contributed by atoms with van der Waals surface area (Å²) in [6, 6.07) is 0. The molecule has 8 fully saturated rings.